The van der Waals surface area contributed by atoms with Gasteiger partial charge in [-0.15, -0.1) is 0 Å². The van der Waals surface area contributed by atoms with Crippen LogP contribution in [0.5, 0.6) is 0 Å². The SMILES string of the molecule is Cc1ccc(C2=NOC(C(=O)NC(C)C(=O)NCCN(C)C)C2)cc1. The largest absolute Gasteiger partial charge is 0.382 e. The molecule has 7 heteroatoms. The van der Waals surface area contributed by atoms with E-state index in [1.807, 2.05) is 50.2 Å². The summed E-state index contributed by atoms with van der Waals surface area (Å²) in [5, 5.41) is 9.47. The highest BCUT2D eigenvalue weighted by Gasteiger charge is 2.30. The summed E-state index contributed by atoms with van der Waals surface area (Å²) < 4.78 is 0. The number of aryl methyl sites for hydroxylation is 1. The number of carbonyl (C=O) groups excluding carboxylic acids is 2. The second-order valence-corrected chi connectivity index (χ2v) is 6.53. The third-order valence-electron chi connectivity index (χ3n) is 3.96. The van der Waals surface area contributed by atoms with Crippen molar-refractivity contribution in [3.8, 4) is 0 Å². The molecule has 25 heavy (non-hydrogen) atoms. The van der Waals surface area contributed by atoms with Crippen molar-refractivity contribution >= 4 is 17.5 Å². The number of carbonyl (C=O) groups is 2. The topological polar surface area (TPSA) is 83.0 Å². The second-order valence-electron chi connectivity index (χ2n) is 6.53. The summed E-state index contributed by atoms with van der Waals surface area (Å²) in [6, 6.07) is 7.27. The van der Waals surface area contributed by atoms with Crippen LogP contribution in [0, 0.1) is 6.92 Å². The zero-order valence-electron chi connectivity index (χ0n) is 15.2. The van der Waals surface area contributed by atoms with E-state index in [-0.39, 0.29) is 11.8 Å². The van der Waals surface area contributed by atoms with E-state index < -0.39 is 12.1 Å². The van der Waals surface area contributed by atoms with Gasteiger partial charge >= 0.3 is 0 Å². The zero-order chi connectivity index (χ0) is 18.4. The molecule has 1 aromatic carbocycles. The molecule has 2 N–H and O–H groups in total. The minimum atomic E-state index is -0.701. The molecule has 0 aliphatic carbocycles. The van der Waals surface area contributed by atoms with Gasteiger partial charge in [0.25, 0.3) is 5.91 Å². The van der Waals surface area contributed by atoms with E-state index in [0.717, 1.165) is 23.4 Å². The van der Waals surface area contributed by atoms with Crippen LogP contribution in [0.1, 0.15) is 24.5 Å². The van der Waals surface area contributed by atoms with Gasteiger partial charge in [-0.25, -0.2) is 0 Å². The van der Waals surface area contributed by atoms with E-state index in [1.54, 1.807) is 6.92 Å². The van der Waals surface area contributed by atoms with E-state index in [1.165, 1.54) is 0 Å². The highest BCUT2D eigenvalue weighted by atomic mass is 16.6. The van der Waals surface area contributed by atoms with Crippen molar-refractivity contribution in [1.82, 2.24) is 15.5 Å². The van der Waals surface area contributed by atoms with E-state index in [2.05, 4.69) is 15.8 Å². The third-order valence-corrected chi connectivity index (χ3v) is 3.96. The quantitative estimate of drug-likeness (QED) is 0.760. The van der Waals surface area contributed by atoms with Crippen molar-refractivity contribution < 1.29 is 14.4 Å². The Bertz CT molecular complexity index is 640. The first kappa shape index (κ1) is 18.9. The van der Waals surface area contributed by atoms with Gasteiger partial charge in [-0.05, 0) is 33.5 Å². The van der Waals surface area contributed by atoms with Crippen LogP contribution in [0.4, 0.5) is 0 Å². The predicted molar refractivity (Wildman–Crippen MR) is 96.4 cm³/mol. The molecular formula is C18H26N4O3. The highest BCUT2D eigenvalue weighted by Crippen LogP contribution is 2.17. The summed E-state index contributed by atoms with van der Waals surface area (Å²) >= 11 is 0. The van der Waals surface area contributed by atoms with Gasteiger partial charge in [0, 0.05) is 19.5 Å². The summed E-state index contributed by atoms with van der Waals surface area (Å²) in [4.78, 5) is 31.5. The fourth-order valence-electron chi connectivity index (χ4n) is 2.36. The van der Waals surface area contributed by atoms with Gasteiger partial charge in [0.05, 0.1) is 5.71 Å². The van der Waals surface area contributed by atoms with Crippen LogP contribution in [-0.4, -0.2) is 61.8 Å². The number of likely N-dealkylation sites (N-methyl/N-ethyl adjacent to an activating group) is 1. The van der Waals surface area contributed by atoms with Crippen LogP contribution in [0.3, 0.4) is 0 Å². The molecule has 1 aliphatic rings. The molecular weight excluding hydrogens is 320 g/mol. The predicted octanol–water partition coefficient (Wildman–Crippen LogP) is 0.671. The molecule has 0 saturated carbocycles. The molecule has 2 rings (SSSR count). The molecule has 0 spiro atoms. The number of rotatable bonds is 7. The summed E-state index contributed by atoms with van der Waals surface area (Å²) in [5.41, 5.74) is 2.84. The maximum atomic E-state index is 12.3. The van der Waals surface area contributed by atoms with Gasteiger partial charge in [0.1, 0.15) is 6.04 Å². The Morgan fingerprint density at radius 2 is 2.00 bits per heavy atom. The average Bonchev–Trinajstić information content (AvgIpc) is 3.05. The lowest BCUT2D eigenvalue weighted by atomic mass is 10.0. The first-order valence-electron chi connectivity index (χ1n) is 8.39. The fourth-order valence-corrected chi connectivity index (χ4v) is 2.36. The van der Waals surface area contributed by atoms with Crippen molar-refractivity contribution in [2.75, 3.05) is 27.2 Å². The summed E-state index contributed by atoms with van der Waals surface area (Å²) in [7, 11) is 3.86. The maximum absolute atomic E-state index is 12.3. The standard InChI is InChI=1S/C18H26N4O3/c1-12-5-7-14(8-6-12)15-11-16(25-21-15)18(24)20-13(2)17(23)19-9-10-22(3)4/h5-8,13,16H,9-11H2,1-4H3,(H,19,23)(H,20,24). The van der Waals surface area contributed by atoms with Crippen LogP contribution in [-0.2, 0) is 14.4 Å². The molecule has 0 radical (unpaired) electrons. The smallest absolute Gasteiger partial charge is 0.264 e. The first-order chi connectivity index (χ1) is 11.9. The minimum Gasteiger partial charge on any atom is -0.382 e. The molecule has 0 saturated heterocycles. The Balaban J connectivity index is 1.80. The van der Waals surface area contributed by atoms with Crippen LogP contribution in [0.25, 0.3) is 0 Å². The molecule has 2 amide bonds. The number of oxime groups is 1. The number of nitrogens with zero attached hydrogens (tertiary/aromatic N) is 2. The Kier molecular flexibility index (Phi) is 6.52. The Labute approximate surface area is 148 Å². The Morgan fingerprint density at radius 1 is 1.32 bits per heavy atom. The van der Waals surface area contributed by atoms with E-state index >= 15 is 0 Å². The molecule has 2 atom stereocenters. The average molecular weight is 346 g/mol. The molecule has 1 aromatic rings. The maximum Gasteiger partial charge on any atom is 0.264 e. The molecule has 1 heterocycles. The number of hydrogen-bond donors (Lipinski definition) is 2. The highest BCUT2D eigenvalue weighted by molar-refractivity contribution is 6.04. The van der Waals surface area contributed by atoms with Gasteiger partial charge in [0.15, 0.2) is 0 Å². The zero-order valence-corrected chi connectivity index (χ0v) is 15.2. The van der Waals surface area contributed by atoms with Gasteiger partial charge in [-0.1, -0.05) is 35.0 Å². The summed E-state index contributed by atoms with van der Waals surface area (Å²) in [6.07, 6.45) is -0.308. The van der Waals surface area contributed by atoms with Crippen molar-refractivity contribution in [2.24, 2.45) is 5.16 Å². The monoisotopic (exact) mass is 346 g/mol. The van der Waals surface area contributed by atoms with E-state index in [9.17, 15) is 9.59 Å². The van der Waals surface area contributed by atoms with Crippen LogP contribution >= 0.6 is 0 Å². The van der Waals surface area contributed by atoms with Crippen LogP contribution < -0.4 is 10.6 Å². The number of benzene rings is 1. The normalized spacial score (nSPS) is 17.6. The van der Waals surface area contributed by atoms with Crippen molar-refractivity contribution in [1.29, 1.82) is 0 Å². The number of nitrogens with one attached hydrogen (secondary N) is 2. The Hall–Kier alpha value is -2.41. The van der Waals surface area contributed by atoms with E-state index in [0.29, 0.717) is 13.0 Å². The molecule has 0 bridgehead atoms. The lowest BCUT2D eigenvalue weighted by molar-refractivity contribution is -0.135. The molecule has 136 valence electrons. The van der Waals surface area contributed by atoms with Crippen LogP contribution in [0.2, 0.25) is 0 Å². The summed E-state index contributed by atoms with van der Waals surface area (Å²) in [5.74, 6) is -0.547. The fraction of sp³-hybridized carbons (Fsp3) is 0.500. The number of amides is 2. The molecule has 1 aliphatic heterocycles. The van der Waals surface area contributed by atoms with E-state index in [4.69, 9.17) is 4.84 Å². The van der Waals surface area contributed by atoms with Crippen molar-refractivity contribution in [3.63, 3.8) is 0 Å². The molecule has 7 nitrogen and oxygen atoms in total. The lowest BCUT2D eigenvalue weighted by Gasteiger charge is -2.17. The number of hydrogen-bond acceptors (Lipinski definition) is 5. The molecule has 0 fully saturated rings. The second kappa shape index (κ2) is 8.62. The Morgan fingerprint density at radius 3 is 2.64 bits per heavy atom. The van der Waals surface area contributed by atoms with Crippen molar-refractivity contribution in [3.05, 3.63) is 35.4 Å². The van der Waals surface area contributed by atoms with Gasteiger partial charge in [0.2, 0.25) is 12.0 Å². The summed E-state index contributed by atoms with van der Waals surface area (Å²) in [6.45, 7) is 4.94. The third kappa shape index (κ3) is 5.56. The van der Waals surface area contributed by atoms with Crippen molar-refractivity contribution in [2.45, 2.75) is 32.4 Å². The first-order valence-corrected chi connectivity index (χ1v) is 8.39. The minimum absolute atomic E-state index is 0.215. The van der Waals surface area contributed by atoms with Gasteiger partial charge in [-0.2, -0.15) is 0 Å². The molecule has 2 unspecified atom stereocenters. The van der Waals surface area contributed by atoms with Gasteiger partial charge < -0.3 is 20.4 Å². The van der Waals surface area contributed by atoms with Crippen LogP contribution in [0.15, 0.2) is 29.4 Å². The van der Waals surface area contributed by atoms with Gasteiger partial charge in [-0.3, -0.25) is 9.59 Å². The molecule has 0 aromatic heterocycles. The lowest BCUT2D eigenvalue weighted by Crippen LogP contribution is -2.49.